The second-order valence-corrected chi connectivity index (χ2v) is 5.77. The Labute approximate surface area is 154 Å². The van der Waals surface area contributed by atoms with E-state index >= 15 is 0 Å². The molecule has 2 aromatic carbocycles. The molecule has 0 saturated heterocycles. The molecule has 0 atom stereocenters. The lowest BCUT2D eigenvalue weighted by atomic mass is 10.2. The van der Waals surface area contributed by atoms with Crippen LogP contribution in [0.1, 0.15) is 15.9 Å². The molecule has 0 spiro atoms. The molecular formula is C19H12ClFN4O. The predicted octanol–water partition coefficient (Wildman–Crippen LogP) is 4.74. The van der Waals surface area contributed by atoms with Crippen LogP contribution in [-0.2, 0) is 0 Å². The lowest BCUT2D eigenvalue weighted by molar-refractivity contribution is 0.102. The van der Waals surface area contributed by atoms with E-state index in [0.29, 0.717) is 22.5 Å². The minimum atomic E-state index is -0.556. The van der Waals surface area contributed by atoms with Gasteiger partial charge >= 0.3 is 0 Å². The first-order chi connectivity index (χ1) is 12.5. The van der Waals surface area contributed by atoms with E-state index in [9.17, 15) is 9.18 Å². The predicted molar refractivity (Wildman–Crippen MR) is 98.0 cm³/mol. The summed E-state index contributed by atoms with van der Waals surface area (Å²) in [4.78, 5) is 16.4. The number of nitrogens with one attached hydrogen (secondary N) is 2. The van der Waals surface area contributed by atoms with Crippen molar-refractivity contribution in [3.63, 3.8) is 0 Å². The Balaban J connectivity index is 1.74. The molecule has 0 fully saturated rings. The van der Waals surface area contributed by atoms with Gasteiger partial charge in [-0.1, -0.05) is 11.6 Å². The highest BCUT2D eigenvalue weighted by Gasteiger charge is 2.09. The van der Waals surface area contributed by atoms with Gasteiger partial charge in [0.15, 0.2) is 0 Å². The maximum atomic E-state index is 13.2. The number of hydrogen-bond donors (Lipinski definition) is 2. The Hall–Kier alpha value is -3.43. The third-order valence-electron chi connectivity index (χ3n) is 3.48. The highest BCUT2D eigenvalue weighted by molar-refractivity contribution is 6.31. The number of anilines is 3. The van der Waals surface area contributed by atoms with E-state index in [2.05, 4.69) is 15.6 Å². The van der Waals surface area contributed by atoms with Gasteiger partial charge in [0.25, 0.3) is 5.91 Å². The van der Waals surface area contributed by atoms with Crippen LogP contribution in [0.2, 0.25) is 5.02 Å². The van der Waals surface area contributed by atoms with Crippen LogP contribution in [-0.4, -0.2) is 10.9 Å². The molecule has 5 nitrogen and oxygen atoms in total. The van der Waals surface area contributed by atoms with Crippen LogP contribution in [0.25, 0.3) is 0 Å². The normalized spacial score (nSPS) is 10.0. The molecule has 0 saturated carbocycles. The SMILES string of the molecule is N#Cc1ccc(Nc2cncc(C(=O)Nc3ccc(F)c(Cl)c3)c2)cc1. The van der Waals surface area contributed by atoms with Gasteiger partial charge in [-0.3, -0.25) is 9.78 Å². The van der Waals surface area contributed by atoms with Crippen LogP contribution in [0.5, 0.6) is 0 Å². The molecule has 128 valence electrons. The molecule has 0 aliphatic carbocycles. The maximum absolute atomic E-state index is 13.2. The minimum absolute atomic E-state index is 0.0721. The lowest BCUT2D eigenvalue weighted by Crippen LogP contribution is -2.12. The van der Waals surface area contributed by atoms with E-state index in [1.807, 2.05) is 6.07 Å². The molecule has 3 aromatic rings. The Morgan fingerprint density at radius 1 is 1.04 bits per heavy atom. The molecular weight excluding hydrogens is 355 g/mol. The fourth-order valence-corrected chi connectivity index (χ4v) is 2.38. The number of benzene rings is 2. The quantitative estimate of drug-likeness (QED) is 0.699. The van der Waals surface area contributed by atoms with Crippen molar-refractivity contribution in [3.8, 4) is 6.07 Å². The fourth-order valence-electron chi connectivity index (χ4n) is 2.20. The molecule has 1 heterocycles. The number of nitrogens with zero attached hydrogens (tertiary/aromatic N) is 2. The standard InChI is InChI=1S/C19H12ClFN4O/c20-17-8-15(5-6-18(17)21)25-19(26)13-7-16(11-23-10-13)24-14-3-1-12(9-22)2-4-14/h1-8,10-11,24H,(H,25,26). The molecule has 0 unspecified atom stereocenters. The van der Waals surface area contributed by atoms with Crippen molar-refractivity contribution >= 4 is 34.6 Å². The van der Waals surface area contributed by atoms with Crippen molar-refractivity contribution in [2.45, 2.75) is 0 Å². The molecule has 3 rings (SSSR count). The second kappa shape index (κ2) is 7.64. The smallest absolute Gasteiger partial charge is 0.257 e. The largest absolute Gasteiger partial charge is 0.354 e. The molecule has 0 bridgehead atoms. The first-order valence-corrected chi connectivity index (χ1v) is 7.91. The van der Waals surface area contributed by atoms with Crippen LogP contribution in [0.3, 0.4) is 0 Å². The Morgan fingerprint density at radius 2 is 1.77 bits per heavy atom. The van der Waals surface area contributed by atoms with E-state index in [1.54, 1.807) is 36.5 Å². The summed E-state index contributed by atoms with van der Waals surface area (Å²) >= 11 is 5.71. The number of carbonyl (C=O) groups is 1. The van der Waals surface area contributed by atoms with E-state index in [1.165, 1.54) is 24.4 Å². The summed E-state index contributed by atoms with van der Waals surface area (Å²) in [5.41, 5.74) is 2.63. The van der Waals surface area contributed by atoms with Crippen molar-refractivity contribution in [2.24, 2.45) is 0 Å². The third kappa shape index (κ3) is 4.15. The number of amides is 1. The van der Waals surface area contributed by atoms with Crippen molar-refractivity contribution in [3.05, 3.63) is 82.9 Å². The zero-order chi connectivity index (χ0) is 18.5. The first kappa shape index (κ1) is 17.4. The summed E-state index contributed by atoms with van der Waals surface area (Å²) in [6.07, 6.45) is 2.99. The van der Waals surface area contributed by atoms with E-state index in [4.69, 9.17) is 16.9 Å². The fraction of sp³-hybridized carbons (Fsp3) is 0. The van der Waals surface area contributed by atoms with Gasteiger partial charge in [0, 0.05) is 17.6 Å². The van der Waals surface area contributed by atoms with Gasteiger partial charge in [0.2, 0.25) is 0 Å². The first-order valence-electron chi connectivity index (χ1n) is 7.54. The summed E-state index contributed by atoms with van der Waals surface area (Å²) in [5.74, 6) is -0.955. The third-order valence-corrected chi connectivity index (χ3v) is 3.77. The summed E-state index contributed by atoms with van der Waals surface area (Å²) in [7, 11) is 0. The van der Waals surface area contributed by atoms with Gasteiger partial charge in [-0.25, -0.2) is 4.39 Å². The zero-order valence-corrected chi connectivity index (χ0v) is 14.1. The van der Waals surface area contributed by atoms with E-state index in [0.717, 1.165) is 5.69 Å². The van der Waals surface area contributed by atoms with Crippen molar-refractivity contribution in [1.29, 1.82) is 5.26 Å². The van der Waals surface area contributed by atoms with E-state index < -0.39 is 11.7 Å². The monoisotopic (exact) mass is 366 g/mol. The maximum Gasteiger partial charge on any atom is 0.257 e. The number of nitriles is 1. The molecule has 7 heteroatoms. The van der Waals surface area contributed by atoms with Gasteiger partial charge in [-0.15, -0.1) is 0 Å². The van der Waals surface area contributed by atoms with Gasteiger partial charge in [0.05, 0.1) is 34.1 Å². The van der Waals surface area contributed by atoms with Crippen LogP contribution >= 0.6 is 11.6 Å². The van der Waals surface area contributed by atoms with Gasteiger partial charge in [-0.2, -0.15) is 5.26 Å². The number of carbonyl (C=O) groups excluding carboxylic acids is 1. The van der Waals surface area contributed by atoms with Gasteiger partial charge in [-0.05, 0) is 48.5 Å². The number of hydrogen-bond acceptors (Lipinski definition) is 4. The average molecular weight is 367 g/mol. The van der Waals surface area contributed by atoms with Crippen molar-refractivity contribution in [1.82, 2.24) is 4.98 Å². The minimum Gasteiger partial charge on any atom is -0.354 e. The molecule has 1 amide bonds. The molecule has 26 heavy (non-hydrogen) atoms. The summed E-state index contributed by atoms with van der Waals surface area (Å²) in [5, 5.41) is 14.5. The molecule has 0 aliphatic rings. The van der Waals surface area contributed by atoms with Gasteiger partial charge in [0.1, 0.15) is 5.82 Å². The average Bonchev–Trinajstić information content (AvgIpc) is 2.65. The number of halogens is 2. The van der Waals surface area contributed by atoms with Gasteiger partial charge < -0.3 is 10.6 Å². The van der Waals surface area contributed by atoms with Crippen LogP contribution in [0.15, 0.2) is 60.9 Å². The Kier molecular flexibility index (Phi) is 5.11. The summed E-state index contributed by atoms with van der Waals surface area (Å²) < 4.78 is 13.2. The molecule has 2 N–H and O–H groups in total. The number of pyridine rings is 1. The molecule has 1 aromatic heterocycles. The molecule has 0 aliphatic heterocycles. The van der Waals surface area contributed by atoms with Crippen molar-refractivity contribution in [2.75, 3.05) is 10.6 Å². The van der Waals surface area contributed by atoms with Crippen molar-refractivity contribution < 1.29 is 9.18 Å². The highest BCUT2D eigenvalue weighted by atomic mass is 35.5. The van der Waals surface area contributed by atoms with E-state index in [-0.39, 0.29) is 5.02 Å². The highest BCUT2D eigenvalue weighted by Crippen LogP contribution is 2.21. The zero-order valence-electron chi connectivity index (χ0n) is 13.3. The topological polar surface area (TPSA) is 77.8 Å². The summed E-state index contributed by atoms with van der Waals surface area (Å²) in [6, 6.07) is 14.5. The lowest BCUT2D eigenvalue weighted by Gasteiger charge is -2.09. The number of aromatic nitrogens is 1. The molecule has 0 radical (unpaired) electrons. The number of rotatable bonds is 4. The second-order valence-electron chi connectivity index (χ2n) is 5.36. The van der Waals surface area contributed by atoms with Crippen LogP contribution < -0.4 is 10.6 Å². The Bertz CT molecular complexity index is 999. The summed E-state index contributed by atoms with van der Waals surface area (Å²) in [6.45, 7) is 0. The van der Waals surface area contributed by atoms with Crippen LogP contribution in [0, 0.1) is 17.1 Å². The Morgan fingerprint density at radius 3 is 2.46 bits per heavy atom. The van der Waals surface area contributed by atoms with Crippen LogP contribution in [0.4, 0.5) is 21.5 Å².